The fraction of sp³-hybridized carbons (Fsp3) is 0.409. The molecule has 0 radical (unpaired) electrons. The maximum Gasteiger partial charge on any atom is 0.190 e. The third-order valence-corrected chi connectivity index (χ3v) is 4.78. The Morgan fingerprint density at radius 2 is 1.90 bits per heavy atom. The molecule has 1 heterocycles. The molecule has 0 aliphatic carbocycles. The van der Waals surface area contributed by atoms with Gasteiger partial charge in [-0.15, -0.1) is 0 Å². The van der Waals surface area contributed by atoms with E-state index in [0.717, 1.165) is 41.2 Å². The van der Waals surface area contributed by atoms with Gasteiger partial charge in [0.15, 0.2) is 12.8 Å². The molecule has 0 bridgehead atoms. The maximum absolute atomic E-state index is 13.8. The number of halogens is 1. The normalized spacial score (nSPS) is 13.4. The summed E-state index contributed by atoms with van der Waals surface area (Å²) in [5.41, 5.74) is 3.94. The van der Waals surface area contributed by atoms with Gasteiger partial charge in [0.1, 0.15) is 17.3 Å². The van der Waals surface area contributed by atoms with Crippen LogP contribution in [-0.4, -0.2) is 40.0 Å². The molecule has 0 spiro atoms. The molecule has 2 N–H and O–H groups in total. The minimum atomic E-state index is -0.276. The second kappa shape index (κ2) is 10.1. The molecule has 0 unspecified atom stereocenters. The largest absolute Gasteiger partial charge is 0.496 e. The van der Waals surface area contributed by atoms with Crippen molar-refractivity contribution in [2.45, 2.75) is 26.4 Å². The summed E-state index contributed by atoms with van der Waals surface area (Å²) >= 11 is 0. The van der Waals surface area contributed by atoms with Crippen molar-refractivity contribution in [2.75, 3.05) is 34.0 Å². The summed E-state index contributed by atoms with van der Waals surface area (Å²) in [5, 5.41) is 6.58. The number of fused-ring (bicyclic) bond motifs is 1. The Morgan fingerprint density at radius 1 is 1.14 bits per heavy atom. The van der Waals surface area contributed by atoms with Crippen LogP contribution >= 0.6 is 0 Å². The van der Waals surface area contributed by atoms with Gasteiger partial charge in [0.25, 0.3) is 0 Å². The van der Waals surface area contributed by atoms with Gasteiger partial charge < -0.3 is 24.8 Å². The summed E-state index contributed by atoms with van der Waals surface area (Å²) < 4.78 is 30.1. The Balaban J connectivity index is 1.51. The van der Waals surface area contributed by atoms with Crippen molar-refractivity contribution in [1.82, 2.24) is 10.6 Å². The number of hydrogen-bond donors (Lipinski definition) is 2. The SMILES string of the molecule is CN=C(NCCc1cc(C)ccc1OC)NCCc1cc(F)cc2c1OCOC2. The number of rotatable bonds is 7. The number of guanidine groups is 1. The molecule has 29 heavy (non-hydrogen) atoms. The molecular formula is C22H28FN3O3. The minimum Gasteiger partial charge on any atom is -0.496 e. The number of ether oxygens (including phenoxy) is 3. The van der Waals surface area contributed by atoms with E-state index < -0.39 is 0 Å². The summed E-state index contributed by atoms with van der Waals surface area (Å²) in [6.45, 7) is 3.96. The van der Waals surface area contributed by atoms with Crippen LogP contribution in [0.25, 0.3) is 0 Å². The maximum atomic E-state index is 13.8. The summed E-state index contributed by atoms with van der Waals surface area (Å²) in [4.78, 5) is 4.25. The molecule has 0 saturated heterocycles. The van der Waals surface area contributed by atoms with Crippen LogP contribution in [-0.2, 0) is 24.2 Å². The highest BCUT2D eigenvalue weighted by atomic mass is 19.1. The van der Waals surface area contributed by atoms with Gasteiger partial charge in [-0.05, 0) is 49.1 Å². The van der Waals surface area contributed by atoms with E-state index in [1.807, 2.05) is 12.1 Å². The molecular weight excluding hydrogens is 373 g/mol. The highest BCUT2D eigenvalue weighted by Crippen LogP contribution is 2.29. The Bertz CT molecular complexity index is 871. The van der Waals surface area contributed by atoms with Gasteiger partial charge in [-0.2, -0.15) is 0 Å². The third kappa shape index (κ3) is 5.60. The lowest BCUT2D eigenvalue weighted by Crippen LogP contribution is -2.39. The first kappa shape index (κ1) is 20.9. The molecule has 1 aliphatic rings. The van der Waals surface area contributed by atoms with Crippen LogP contribution < -0.4 is 20.1 Å². The Kier molecular flexibility index (Phi) is 7.30. The number of nitrogens with zero attached hydrogens (tertiary/aromatic N) is 1. The Hall–Kier alpha value is -2.80. The second-order valence-electron chi connectivity index (χ2n) is 6.90. The van der Waals surface area contributed by atoms with E-state index in [1.165, 1.54) is 17.7 Å². The molecule has 0 fully saturated rings. The Morgan fingerprint density at radius 3 is 2.62 bits per heavy atom. The van der Waals surface area contributed by atoms with Gasteiger partial charge in [-0.3, -0.25) is 4.99 Å². The average Bonchev–Trinajstić information content (AvgIpc) is 2.72. The van der Waals surface area contributed by atoms with Crippen LogP contribution in [0.4, 0.5) is 4.39 Å². The van der Waals surface area contributed by atoms with E-state index in [9.17, 15) is 4.39 Å². The van der Waals surface area contributed by atoms with Crippen LogP contribution in [0.1, 0.15) is 22.3 Å². The summed E-state index contributed by atoms with van der Waals surface area (Å²) in [6, 6.07) is 9.15. The lowest BCUT2D eigenvalue weighted by molar-refractivity contribution is -0.0172. The van der Waals surface area contributed by atoms with Gasteiger partial charge in [-0.25, -0.2) is 4.39 Å². The van der Waals surface area contributed by atoms with Crippen molar-refractivity contribution in [3.05, 3.63) is 58.4 Å². The van der Waals surface area contributed by atoms with Gasteiger partial charge in [0.2, 0.25) is 0 Å². The highest BCUT2D eigenvalue weighted by molar-refractivity contribution is 5.79. The highest BCUT2D eigenvalue weighted by Gasteiger charge is 2.16. The number of benzene rings is 2. The molecule has 0 saturated carbocycles. The number of methoxy groups -OCH3 is 1. The lowest BCUT2D eigenvalue weighted by atomic mass is 10.1. The molecule has 156 valence electrons. The first-order valence-electron chi connectivity index (χ1n) is 9.70. The fourth-order valence-corrected chi connectivity index (χ4v) is 3.40. The van der Waals surface area contributed by atoms with Crippen molar-refractivity contribution in [1.29, 1.82) is 0 Å². The van der Waals surface area contributed by atoms with Gasteiger partial charge in [-0.1, -0.05) is 17.7 Å². The fourth-order valence-electron chi connectivity index (χ4n) is 3.40. The zero-order valence-electron chi connectivity index (χ0n) is 17.2. The molecule has 6 nitrogen and oxygen atoms in total. The van der Waals surface area contributed by atoms with Crippen LogP contribution in [0.5, 0.6) is 11.5 Å². The van der Waals surface area contributed by atoms with Crippen molar-refractivity contribution in [3.8, 4) is 11.5 Å². The number of aryl methyl sites for hydroxylation is 1. The monoisotopic (exact) mass is 401 g/mol. The van der Waals surface area contributed by atoms with Gasteiger partial charge in [0.05, 0.1) is 13.7 Å². The average molecular weight is 401 g/mol. The lowest BCUT2D eigenvalue weighted by Gasteiger charge is -2.21. The molecule has 0 atom stereocenters. The first-order valence-corrected chi connectivity index (χ1v) is 9.70. The van der Waals surface area contributed by atoms with Crippen molar-refractivity contribution in [3.63, 3.8) is 0 Å². The third-order valence-electron chi connectivity index (χ3n) is 4.78. The molecule has 1 aliphatic heterocycles. The van der Waals surface area contributed by atoms with E-state index in [4.69, 9.17) is 14.2 Å². The molecule has 0 aromatic heterocycles. The van der Waals surface area contributed by atoms with Crippen LogP contribution in [0, 0.1) is 12.7 Å². The molecule has 7 heteroatoms. The summed E-state index contributed by atoms with van der Waals surface area (Å²) in [5.74, 6) is 2.04. The molecule has 0 amide bonds. The summed E-state index contributed by atoms with van der Waals surface area (Å²) in [7, 11) is 3.41. The first-order chi connectivity index (χ1) is 14.1. The molecule has 2 aromatic carbocycles. The molecule has 2 aromatic rings. The predicted molar refractivity (Wildman–Crippen MR) is 111 cm³/mol. The van der Waals surface area contributed by atoms with Crippen LogP contribution in [0.15, 0.2) is 35.3 Å². The van der Waals surface area contributed by atoms with E-state index in [1.54, 1.807) is 14.2 Å². The van der Waals surface area contributed by atoms with Crippen molar-refractivity contribution < 1.29 is 18.6 Å². The van der Waals surface area contributed by atoms with Gasteiger partial charge in [0, 0.05) is 25.7 Å². The van der Waals surface area contributed by atoms with Gasteiger partial charge >= 0.3 is 0 Å². The van der Waals surface area contributed by atoms with E-state index in [2.05, 4.69) is 28.6 Å². The Labute approximate surface area is 171 Å². The minimum absolute atomic E-state index is 0.199. The number of hydrogen-bond acceptors (Lipinski definition) is 4. The standard InChI is InChI=1S/C22H28FN3O3/c1-15-4-5-20(27-3)16(10-15)6-8-25-22(24-2)26-9-7-17-11-19(23)12-18-13-28-14-29-21(17)18/h4-5,10-12H,6-9,13-14H2,1-3H3,(H2,24,25,26). The number of nitrogens with one attached hydrogen (secondary N) is 2. The number of aliphatic imine (C=N–C) groups is 1. The zero-order valence-corrected chi connectivity index (χ0v) is 17.2. The van der Waals surface area contributed by atoms with E-state index in [-0.39, 0.29) is 12.6 Å². The molecule has 3 rings (SSSR count). The summed E-state index contributed by atoms with van der Waals surface area (Å²) in [6.07, 6.45) is 1.43. The second-order valence-corrected chi connectivity index (χ2v) is 6.90. The predicted octanol–water partition coefficient (Wildman–Crippen LogP) is 2.96. The van der Waals surface area contributed by atoms with Crippen LogP contribution in [0.3, 0.4) is 0 Å². The topological polar surface area (TPSA) is 64.1 Å². The van der Waals surface area contributed by atoms with E-state index >= 15 is 0 Å². The van der Waals surface area contributed by atoms with Crippen molar-refractivity contribution >= 4 is 5.96 Å². The quantitative estimate of drug-likeness (QED) is 0.552. The van der Waals surface area contributed by atoms with Crippen LogP contribution in [0.2, 0.25) is 0 Å². The zero-order chi connectivity index (χ0) is 20.6. The van der Waals surface area contributed by atoms with E-state index in [0.29, 0.717) is 25.5 Å². The smallest absolute Gasteiger partial charge is 0.190 e. The van der Waals surface area contributed by atoms with Crippen molar-refractivity contribution in [2.24, 2.45) is 4.99 Å².